The first kappa shape index (κ1) is 17.6. The van der Waals surface area contributed by atoms with Gasteiger partial charge in [0.05, 0.1) is 12.5 Å². The Kier molecular flexibility index (Phi) is 4.61. The Morgan fingerprint density at radius 1 is 1.13 bits per heavy atom. The van der Waals surface area contributed by atoms with E-state index in [0.29, 0.717) is 0 Å². The Morgan fingerprint density at radius 2 is 1.70 bits per heavy atom. The lowest BCUT2D eigenvalue weighted by molar-refractivity contribution is -0.402. The van der Waals surface area contributed by atoms with Crippen molar-refractivity contribution < 1.29 is 21.7 Å². The standard InChI is InChI=1S/C16H18N.CH4O4S/c1-11-16(2,3)15-13-8-6-5-7-12(13)9-10-14(15)17(11)4;1-5-6(2,3)4/h5-10H,1-4H3;1H3,(H,2,3,4)/q+1;/p-1. The third-order valence-corrected chi connectivity index (χ3v) is 4.91. The minimum Gasteiger partial charge on any atom is -0.726 e. The second kappa shape index (κ2) is 6.03. The van der Waals surface area contributed by atoms with Crippen molar-refractivity contribution in [1.82, 2.24) is 0 Å². The molecule has 0 aromatic heterocycles. The highest BCUT2D eigenvalue weighted by molar-refractivity contribution is 7.80. The number of nitrogens with zero attached hydrogens (tertiary/aromatic N) is 1. The molecule has 2 aromatic carbocycles. The molecular weight excluding hydrogens is 314 g/mol. The van der Waals surface area contributed by atoms with Crippen LogP contribution in [0.2, 0.25) is 0 Å². The lowest BCUT2D eigenvalue weighted by Gasteiger charge is -2.17. The van der Waals surface area contributed by atoms with Crippen LogP contribution in [0.3, 0.4) is 0 Å². The number of fused-ring (bicyclic) bond motifs is 3. The molecule has 0 N–H and O–H groups in total. The van der Waals surface area contributed by atoms with Gasteiger partial charge in [0.2, 0.25) is 16.1 Å². The van der Waals surface area contributed by atoms with Gasteiger partial charge >= 0.3 is 0 Å². The van der Waals surface area contributed by atoms with Crippen molar-refractivity contribution in [2.45, 2.75) is 26.2 Å². The van der Waals surface area contributed by atoms with E-state index in [1.807, 2.05) is 0 Å². The van der Waals surface area contributed by atoms with Gasteiger partial charge in [0.25, 0.3) is 0 Å². The summed E-state index contributed by atoms with van der Waals surface area (Å²) in [5.41, 5.74) is 4.37. The second-order valence-corrected chi connectivity index (χ2v) is 7.17. The van der Waals surface area contributed by atoms with E-state index in [2.05, 4.69) is 73.0 Å². The second-order valence-electron chi connectivity index (χ2n) is 6.03. The molecule has 3 rings (SSSR count). The fourth-order valence-corrected chi connectivity index (χ4v) is 2.98. The summed E-state index contributed by atoms with van der Waals surface area (Å²) in [6.07, 6.45) is 0. The SMILES string of the molecule is CC1=[N+](C)c2ccc3ccccc3c2C1(C)C.COS(=O)(=O)[O-]. The van der Waals surface area contributed by atoms with Crippen LogP contribution in [0, 0.1) is 0 Å². The molecule has 0 atom stereocenters. The average molecular weight is 335 g/mol. The van der Waals surface area contributed by atoms with Crippen molar-refractivity contribution in [2.75, 3.05) is 14.2 Å². The van der Waals surface area contributed by atoms with Gasteiger partial charge in [-0.05, 0) is 30.7 Å². The highest BCUT2D eigenvalue weighted by Gasteiger charge is 2.42. The van der Waals surface area contributed by atoms with Gasteiger partial charge in [-0.3, -0.25) is 4.18 Å². The first-order chi connectivity index (χ1) is 10.6. The Hall–Kier alpha value is -1.76. The minimum atomic E-state index is -4.41. The maximum atomic E-state index is 9.22. The maximum absolute atomic E-state index is 9.22. The minimum absolute atomic E-state index is 0.130. The predicted molar refractivity (Wildman–Crippen MR) is 90.2 cm³/mol. The Bertz CT molecular complexity index is 883. The molecule has 0 radical (unpaired) electrons. The molecule has 124 valence electrons. The Labute approximate surface area is 137 Å². The zero-order chi connectivity index (χ0) is 17.4. The molecule has 0 aliphatic carbocycles. The van der Waals surface area contributed by atoms with Crippen LogP contribution < -0.4 is 0 Å². The van der Waals surface area contributed by atoms with Crippen LogP contribution in [-0.4, -0.2) is 37.4 Å². The predicted octanol–water partition coefficient (Wildman–Crippen LogP) is 2.96. The number of hydrogen-bond acceptors (Lipinski definition) is 4. The van der Waals surface area contributed by atoms with Gasteiger partial charge in [-0.25, -0.2) is 13.0 Å². The molecule has 0 unspecified atom stereocenters. The monoisotopic (exact) mass is 335 g/mol. The van der Waals surface area contributed by atoms with Crippen LogP contribution in [0.15, 0.2) is 36.4 Å². The van der Waals surface area contributed by atoms with Gasteiger partial charge in [-0.15, -0.1) is 0 Å². The van der Waals surface area contributed by atoms with E-state index in [1.165, 1.54) is 27.7 Å². The summed E-state index contributed by atoms with van der Waals surface area (Å²) in [6.45, 7) is 6.86. The van der Waals surface area contributed by atoms with Crippen molar-refractivity contribution in [3.05, 3.63) is 42.0 Å². The lowest BCUT2D eigenvalue weighted by atomic mass is 9.80. The molecule has 6 heteroatoms. The molecule has 0 amide bonds. The molecule has 1 aliphatic heterocycles. The van der Waals surface area contributed by atoms with Gasteiger partial charge in [0.15, 0.2) is 5.71 Å². The van der Waals surface area contributed by atoms with Crippen LogP contribution in [0.5, 0.6) is 0 Å². The zero-order valence-electron chi connectivity index (χ0n) is 14.0. The summed E-state index contributed by atoms with van der Waals surface area (Å²) in [4.78, 5) is 0. The normalized spacial score (nSPS) is 16.1. The lowest BCUT2D eigenvalue weighted by Crippen LogP contribution is -2.25. The first-order valence-corrected chi connectivity index (χ1v) is 8.54. The van der Waals surface area contributed by atoms with Crippen molar-refractivity contribution in [1.29, 1.82) is 0 Å². The van der Waals surface area contributed by atoms with E-state index >= 15 is 0 Å². The molecule has 23 heavy (non-hydrogen) atoms. The fraction of sp³-hybridized carbons (Fsp3) is 0.353. The number of hydrogen-bond donors (Lipinski definition) is 0. The van der Waals surface area contributed by atoms with E-state index in [-0.39, 0.29) is 5.41 Å². The van der Waals surface area contributed by atoms with Gasteiger partial charge in [-0.1, -0.05) is 24.3 Å². The van der Waals surface area contributed by atoms with Gasteiger partial charge < -0.3 is 4.55 Å². The average Bonchev–Trinajstić information content (AvgIpc) is 2.68. The van der Waals surface area contributed by atoms with Crippen molar-refractivity contribution >= 4 is 32.6 Å². The van der Waals surface area contributed by atoms with Crippen molar-refractivity contribution in [3.8, 4) is 0 Å². The number of benzene rings is 2. The largest absolute Gasteiger partial charge is 0.726 e. The summed E-state index contributed by atoms with van der Waals surface area (Å²) < 4.78 is 33.3. The first-order valence-electron chi connectivity index (χ1n) is 7.21. The van der Waals surface area contributed by atoms with Gasteiger partial charge in [-0.2, -0.15) is 0 Å². The third kappa shape index (κ3) is 3.29. The molecule has 1 heterocycles. The summed E-state index contributed by atoms with van der Waals surface area (Å²) in [5.74, 6) is 0. The van der Waals surface area contributed by atoms with Crippen molar-refractivity contribution in [2.24, 2.45) is 0 Å². The highest BCUT2D eigenvalue weighted by Crippen LogP contribution is 2.42. The molecule has 0 fully saturated rings. The molecule has 0 saturated carbocycles. The van der Waals surface area contributed by atoms with E-state index in [4.69, 9.17) is 0 Å². The molecular formula is C17H21NO4S. The van der Waals surface area contributed by atoms with Gasteiger partial charge in [0, 0.05) is 18.6 Å². The Balaban J connectivity index is 0.000000277. The van der Waals surface area contributed by atoms with Gasteiger partial charge in [0.1, 0.15) is 7.05 Å². The smallest absolute Gasteiger partial charge is 0.217 e. The molecule has 2 aromatic rings. The summed E-state index contributed by atoms with van der Waals surface area (Å²) in [7, 11) is -1.44. The van der Waals surface area contributed by atoms with Crippen LogP contribution in [-0.2, 0) is 20.0 Å². The molecule has 0 bridgehead atoms. The summed E-state index contributed by atoms with van der Waals surface area (Å²) >= 11 is 0. The topological polar surface area (TPSA) is 69.4 Å². The summed E-state index contributed by atoms with van der Waals surface area (Å²) in [5, 5.41) is 2.72. The van der Waals surface area contributed by atoms with E-state index < -0.39 is 10.4 Å². The highest BCUT2D eigenvalue weighted by atomic mass is 32.3. The maximum Gasteiger partial charge on any atom is 0.217 e. The van der Waals surface area contributed by atoms with Crippen LogP contribution in [0.1, 0.15) is 26.3 Å². The third-order valence-electron chi connectivity index (χ3n) is 4.51. The molecule has 1 aliphatic rings. The van der Waals surface area contributed by atoms with Crippen molar-refractivity contribution in [3.63, 3.8) is 0 Å². The quantitative estimate of drug-likeness (QED) is 0.456. The van der Waals surface area contributed by atoms with Crippen LogP contribution in [0.25, 0.3) is 10.8 Å². The van der Waals surface area contributed by atoms with Crippen LogP contribution >= 0.6 is 0 Å². The zero-order valence-corrected chi connectivity index (χ0v) is 14.8. The van der Waals surface area contributed by atoms with E-state index in [1.54, 1.807) is 0 Å². The number of rotatable bonds is 1. The van der Waals surface area contributed by atoms with E-state index in [9.17, 15) is 13.0 Å². The Morgan fingerprint density at radius 3 is 2.26 bits per heavy atom. The summed E-state index contributed by atoms with van der Waals surface area (Å²) in [6, 6.07) is 13.1. The van der Waals surface area contributed by atoms with Crippen LogP contribution in [0.4, 0.5) is 5.69 Å². The molecule has 0 spiro atoms. The molecule has 5 nitrogen and oxygen atoms in total. The molecule has 0 saturated heterocycles. The fourth-order valence-electron chi connectivity index (χ4n) is 2.98. The van der Waals surface area contributed by atoms with E-state index in [0.717, 1.165) is 7.11 Å².